The number of carboxylic acids is 2. The zero-order valence-electron chi connectivity index (χ0n) is 18.1. The Balaban J connectivity index is 2.10. The number of hydrogen-bond donors (Lipinski definition) is 2. The Morgan fingerprint density at radius 1 is 1.00 bits per heavy atom. The molecule has 0 spiro atoms. The average Bonchev–Trinajstić information content (AvgIpc) is 2.76. The number of carboxylic acid groups (broad SMARTS) is 2. The molecule has 5 heteroatoms. The van der Waals surface area contributed by atoms with Gasteiger partial charge in [0.15, 0.2) is 0 Å². The summed E-state index contributed by atoms with van der Waals surface area (Å²) < 4.78 is 5.92. The molecule has 0 saturated heterocycles. The first-order valence-electron chi connectivity index (χ1n) is 10.9. The minimum Gasteiger partial charge on any atom is -0.493 e. The summed E-state index contributed by atoms with van der Waals surface area (Å²) in [5, 5.41) is 18.0. The highest BCUT2D eigenvalue weighted by Crippen LogP contribution is 2.24. The second-order valence-electron chi connectivity index (χ2n) is 7.70. The topological polar surface area (TPSA) is 83.8 Å². The van der Waals surface area contributed by atoms with E-state index in [9.17, 15) is 9.59 Å². The Bertz CT molecular complexity index is 854. The third-order valence-electron chi connectivity index (χ3n) is 5.14. The Morgan fingerprint density at radius 2 is 1.74 bits per heavy atom. The maximum absolute atomic E-state index is 11.1. The predicted molar refractivity (Wildman–Crippen MR) is 123 cm³/mol. The van der Waals surface area contributed by atoms with E-state index in [0.29, 0.717) is 13.0 Å². The van der Waals surface area contributed by atoms with Crippen LogP contribution in [-0.4, -0.2) is 28.8 Å². The monoisotopic (exact) mass is 424 g/mol. The molecule has 0 amide bonds. The molecule has 166 valence electrons. The van der Waals surface area contributed by atoms with Crippen molar-refractivity contribution in [2.24, 2.45) is 5.92 Å². The molecule has 0 fully saturated rings. The molecule has 5 nitrogen and oxygen atoms in total. The van der Waals surface area contributed by atoms with Crippen LogP contribution in [0.4, 0.5) is 0 Å². The van der Waals surface area contributed by atoms with Crippen molar-refractivity contribution >= 4 is 18.0 Å². The Kier molecular flexibility index (Phi) is 10.4. The van der Waals surface area contributed by atoms with Crippen molar-refractivity contribution in [3.8, 4) is 5.75 Å². The first-order chi connectivity index (χ1) is 15.0. The van der Waals surface area contributed by atoms with Gasteiger partial charge in [-0.25, -0.2) is 4.79 Å². The van der Waals surface area contributed by atoms with E-state index in [4.69, 9.17) is 14.9 Å². The summed E-state index contributed by atoms with van der Waals surface area (Å²) in [5.41, 5.74) is 2.36. The van der Waals surface area contributed by atoms with Gasteiger partial charge in [-0.2, -0.15) is 0 Å². The van der Waals surface area contributed by atoms with Crippen LogP contribution in [0.5, 0.6) is 5.75 Å². The quantitative estimate of drug-likeness (QED) is 0.359. The number of hydrogen-bond acceptors (Lipinski definition) is 3. The number of unbranched alkanes of at least 4 members (excludes halogenated alkanes) is 2. The van der Waals surface area contributed by atoms with Gasteiger partial charge in [-0.05, 0) is 55.4 Å². The van der Waals surface area contributed by atoms with Gasteiger partial charge in [-0.1, -0.05) is 62.2 Å². The van der Waals surface area contributed by atoms with E-state index in [2.05, 4.69) is 19.1 Å². The molecule has 0 saturated carbocycles. The van der Waals surface area contributed by atoms with Crippen LogP contribution in [0.25, 0.3) is 6.08 Å². The van der Waals surface area contributed by atoms with Gasteiger partial charge < -0.3 is 14.9 Å². The molecule has 2 aromatic carbocycles. The second-order valence-corrected chi connectivity index (χ2v) is 7.70. The highest BCUT2D eigenvalue weighted by atomic mass is 16.5. The first-order valence-corrected chi connectivity index (χ1v) is 10.9. The average molecular weight is 425 g/mol. The summed E-state index contributed by atoms with van der Waals surface area (Å²) in [6.07, 6.45) is 9.61. The molecule has 2 aromatic rings. The minimum atomic E-state index is -0.934. The summed E-state index contributed by atoms with van der Waals surface area (Å²) in [7, 11) is 0. The number of allylic oxidation sites excluding steroid dienone is 1. The first kappa shape index (κ1) is 24.2. The van der Waals surface area contributed by atoms with E-state index < -0.39 is 11.9 Å². The van der Waals surface area contributed by atoms with Gasteiger partial charge in [-0.3, -0.25) is 4.79 Å². The van der Waals surface area contributed by atoms with Crippen LogP contribution in [0.1, 0.15) is 66.9 Å². The van der Waals surface area contributed by atoms with Crippen molar-refractivity contribution in [1.29, 1.82) is 0 Å². The van der Waals surface area contributed by atoms with Gasteiger partial charge in [0.05, 0.1) is 12.2 Å². The van der Waals surface area contributed by atoms with Crippen molar-refractivity contribution in [3.05, 3.63) is 71.3 Å². The van der Waals surface area contributed by atoms with Crippen molar-refractivity contribution < 1.29 is 24.5 Å². The van der Waals surface area contributed by atoms with E-state index in [1.165, 1.54) is 0 Å². The molecule has 0 heterocycles. The minimum absolute atomic E-state index is 0.178. The summed E-state index contributed by atoms with van der Waals surface area (Å²) in [5.74, 6) is -0.623. The standard InChI is InChI=1S/C26H32O5/c1-2-3-18-31-24-10-6-5-9-22(24)15-12-20(8-4-7-11-25(27)28)19-21-13-16-23(17-14-21)26(29)30/h5-6,9-10,12-17,20H,2-4,7-8,11,18-19H2,1H3,(H,27,28)(H,29,30)/b15-12+. The van der Waals surface area contributed by atoms with Gasteiger partial charge in [0.25, 0.3) is 0 Å². The SMILES string of the molecule is CCCCOc1ccccc1/C=C/C(CCCCC(=O)O)Cc1ccc(C(=O)O)cc1. The molecule has 0 radical (unpaired) electrons. The lowest BCUT2D eigenvalue weighted by molar-refractivity contribution is -0.137. The molecule has 31 heavy (non-hydrogen) atoms. The summed E-state index contributed by atoms with van der Waals surface area (Å²) in [4.78, 5) is 21.9. The molecule has 0 bridgehead atoms. The third kappa shape index (κ3) is 9.08. The van der Waals surface area contributed by atoms with E-state index >= 15 is 0 Å². The van der Waals surface area contributed by atoms with E-state index in [0.717, 1.165) is 49.0 Å². The number of aromatic carboxylic acids is 1. The number of rotatable bonds is 14. The molecule has 0 aromatic heterocycles. The van der Waals surface area contributed by atoms with Gasteiger partial charge in [0, 0.05) is 12.0 Å². The van der Waals surface area contributed by atoms with Crippen LogP contribution in [0.2, 0.25) is 0 Å². The molecule has 1 atom stereocenters. The fraction of sp³-hybridized carbons (Fsp3) is 0.385. The number of carbonyl (C=O) groups is 2. The number of benzene rings is 2. The molecule has 0 aliphatic carbocycles. The number of ether oxygens (including phenoxy) is 1. The van der Waals surface area contributed by atoms with E-state index in [1.807, 2.05) is 36.4 Å². The fourth-order valence-electron chi connectivity index (χ4n) is 3.35. The largest absolute Gasteiger partial charge is 0.493 e. The van der Waals surface area contributed by atoms with Crippen LogP contribution in [0.15, 0.2) is 54.6 Å². The van der Waals surface area contributed by atoms with Crippen LogP contribution in [0, 0.1) is 5.92 Å². The van der Waals surface area contributed by atoms with Gasteiger partial charge in [0.2, 0.25) is 0 Å². The lowest BCUT2D eigenvalue weighted by atomic mass is 9.92. The normalized spacial score (nSPS) is 12.0. The fourth-order valence-corrected chi connectivity index (χ4v) is 3.35. The van der Waals surface area contributed by atoms with Crippen LogP contribution in [-0.2, 0) is 11.2 Å². The molecule has 1 unspecified atom stereocenters. The zero-order chi connectivity index (χ0) is 22.5. The Morgan fingerprint density at radius 3 is 2.42 bits per heavy atom. The highest BCUT2D eigenvalue weighted by Gasteiger charge is 2.10. The van der Waals surface area contributed by atoms with Crippen molar-refractivity contribution in [2.75, 3.05) is 6.61 Å². The number of aliphatic carboxylic acids is 1. The highest BCUT2D eigenvalue weighted by molar-refractivity contribution is 5.87. The van der Waals surface area contributed by atoms with Gasteiger partial charge in [0.1, 0.15) is 5.75 Å². The van der Waals surface area contributed by atoms with E-state index in [1.54, 1.807) is 12.1 Å². The third-order valence-corrected chi connectivity index (χ3v) is 5.14. The predicted octanol–water partition coefficient (Wildman–Crippen LogP) is 6.08. The van der Waals surface area contributed by atoms with Crippen molar-refractivity contribution in [2.45, 2.75) is 51.9 Å². The summed E-state index contributed by atoms with van der Waals surface area (Å²) in [6, 6.07) is 14.9. The molecular weight excluding hydrogens is 392 g/mol. The van der Waals surface area contributed by atoms with Gasteiger partial charge >= 0.3 is 11.9 Å². The maximum Gasteiger partial charge on any atom is 0.335 e. The van der Waals surface area contributed by atoms with Crippen LogP contribution in [0.3, 0.4) is 0 Å². The summed E-state index contributed by atoms with van der Waals surface area (Å²) >= 11 is 0. The molecule has 2 rings (SSSR count). The smallest absolute Gasteiger partial charge is 0.335 e. The molecule has 2 N–H and O–H groups in total. The Hall–Kier alpha value is -3.08. The lowest BCUT2D eigenvalue weighted by Crippen LogP contribution is -2.04. The summed E-state index contributed by atoms with van der Waals surface area (Å²) in [6.45, 7) is 2.82. The van der Waals surface area contributed by atoms with Gasteiger partial charge in [-0.15, -0.1) is 0 Å². The van der Waals surface area contributed by atoms with Crippen molar-refractivity contribution in [3.63, 3.8) is 0 Å². The molecular formula is C26H32O5. The molecule has 0 aliphatic rings. The maximum atomic E-state index is 11.1. The molecule has 0 aliphatic heterocycles. The van der Waals surface area contributed by atoms with Crippen molar-refractivity contribution in [1.82, 2.24) is 0 Å². The van der Waals surface area contributed by atoms with E-state index in [-0.39, 0.29) is 17.9 Å². The number of para-hydroxylation sites is 1. The zero-order valence-corrected chi connectivity index (χ0v) is 18.1. The second kappa shape index (κ2) is 13.3. The van der Waals surface area contributed by atoms with Crippen LogP contribution >= 0.6 is 0 Å². The Labute approximate surface area is 184 Å². The van der Waals surface area contributed by atoms with Crippen LogP contribution < -0.4 is 4.74 Å². The lowest BCUT2D eigenvalue weighted by Gasteiger charge is -2.14.